The van der Waals surface area contributed by atoms with Crippen LogP contribution in [0, 0.1) is 25.5 Å². The predicted molar refractivity (Wildman–Crippen MR) is 132 cm³/mol. The van der Waals surface area contributed by atoms with Gasteiger partial charge in [0.05, 0.1) is 22.8 Å². The Morgan fingerprint density at radius 1 is 1.11 bits per heavy atom. The molecule has 0 saturated carbocycles. The number of carbonyl (C=O) groups is 1. The summed E-state index contributed by atoms with van der Waals surface area (Å²) in [7, 11) is 0. The Morgan fingerprint density at radius 2 is 1.97 bits per heavy atom. The number of anilines is 1. The van der Waals surface area contributed by atoms with Gasteiger partial charge in [-0.2, -0.15) is 0 Å². The van der Waals surface area contributed by atoms with Gasteiger partial charge in [0.25, 0.3) is 0 Å². The fourth-order valence-electron chi connectivity index (χ4n) is 4.97. The summed E-state index contributed by atoms with van der Waals surface area (Å²) in [5.74, 6) is -0.780. The summed E-state index contributed by atoms with van der Waals surface area (Å²) in [6, 6.07) is 9.00. The Labute approximate surface area is 209 Å². The van der Waals surface area contributed by atoms with E-state index in [2.05, 4.69) is 10.1 Å². The molecule has 0 radical (unpaired) electrons. The van der Waals surface area contributed by atoms with E-state index in [0.29, 0.717) is 41.7 Å². The lowest BCUT2D eigenvalue weighted by Crippen LogP contribution is -2.39. The van der Waals surface area contributed by atoms with Gasteiger partial charge in [-0.25, -0.2) is 18.7 Å². The summed E-state index contributed by atoms with van der Waals surface area (Å²) in [6.45, 7) is 3.76. The van der Waals surface area contributed by atoms with E-state index in [1.165, 1.54) is 22.3 Å². The summed E-state index contributed by atoms with van der Waals surface area (Å²) in [4.78, 5) is 24.1. The van der Waals surface area contributed by atoms with Gasteiger partial charge >= 0.3 is 0 Å². The number of imidazole rings is 1. The van der Waals surface area contributed by atoms with Crippen molar-refractivity contribution in [3.05, 3.63) is 76.9 Å². The third kappa shape index (κ3) is 3.60. The number of thiazole rings is 1. The molecular weight excluding hydrogens is 484 g/mol. The molecule has 1 fully saturated rings. The van der Waals surface area contributed by atoms with Crippen molar-refractivity contribution in [1.82, 2.24) is 19.7 Å². The van der Waals surface area contributed by atoms with E-state index < -0.39 is 17.7 Å². The SMILES string of the molecule is Cc1noc(C)c1-c1ccc2c(c1)nc(C1CCCC(=O)N1c1ccc(F)c(F)c1)n2-c1nccs1. The average Bonchev–Trinajstić information content (AvgIpc) is 3.59. The smallest absolute Gasteiger partial charge is 0.227 e. The van der Waals surface area contributed by atoms with Crippen LogP contribution in [0.15, 0.2) is 52.5 Å². The third-order valence-corrected chi connectivity index (χ3v) is 7.30. The fourth-order valence-corrected chi connectivity index (χ4v) is 5.64. The molecule has 2 aromatic carbocycles. The molecule has 0 bridgehead atoms. The summed E-state index contributed by atoms with van der Waals surface area (Å²) in [5, 5.41) is 6.65. The van der Waals surface area contributed by atoms with Crippen LogP contribution in [-0.2, 0) is 4.79 Å². The van der Waals surface area contributed by atoms with Gasteiger partial charge in [-0.15, -0.1) is 11.3 Å². The van der Waals surface area contributed by atoms with Gasteiger partial charge in [-0.3, -0.25) is 9.36 Å². The minimum atomic E-state index is -0.998. The van der Waals surface area contributed by atoms with Crippen LogP contribution in [0.4, 0.5) is 14.5 Å². The first-order valence-corrected chi connectivity index (χ1v) is 12.4. The topological polar surface area (TPSA) is 77.0 Å². The number of hydrogen-bond acceptors (Lipinski definition) is 6. The van der Waals surface area contributed by atoms with Crippen LogP contribution in [0.1, 0.15) is 42.6 Å². The molecule has 5 aromatic rings. The van der Waals surface area contributed by atoms with Crippen LogP contribution in [-0.4, -0.2) is 25.6 Å². The highest BCUT2D eigenvalue weighted by atomic mass is 32.1. The van der Waals surface area contributed by atoms with E-state index in [-0.39, 0.29) is 5.91 Å². The highest BCUT2D eigenvalue weighted by Crippen LogP contribution is 2.39. The quantitative estimate of drug-likeness (QED) is 0.287. The second kappa shape index (κ2) is 8.63. The molecule has 36 heavy (non-hydrogen) atoms. The second-order valence-corrected chi connectivity index (χ2v) is 9.67. The maximum Gasteiger partial charge on any atom is 0.227 e. The number of aryl methyl sites for hydroxylation is 2. The molecule has 7 nitrogen and oxygen atoms in total. The van der Waals surface area contributed by atoms with Gasteiger partial charge in [0.15, 0.2) is 16.8 Å². The highest BCUT2D eigenvalue weighted by Gasteiger charge is 2.35. The Hall–Kier alpha value is -3.92. The van der Waals surface area contributed by atoms with Gasteiger partial charge in [-0.05, 0) is 56.5 Å². The lowest BCUT2D eigenvalue weighted by Gasteiger charge is -2.35. The summed E-state index contributed by atoms with van der Waals surface area (Å²) >= 11 is 1.46. The van der Waals surface area contributed by atoms with Gasteiger partial charge in [0, 0.05) is 35.3 Å². The maximum atomic E-state index is 14.2. The highest BCUT2D eigenvalue weighted by molar-refractivity contribution is 7.12. The number of benzene rings is 2. The molecule has 182 valence electrons. The summed E-state index contributed by atoms with van der Waals surface area (Å²) < 4.78 is 35.1. The molecule has 0 spiro atoms. The molecule has 10 heteroatoms. The van der Waals surface area contributed by atoms with E-state index in [1.54, 1.807) is 6.20 Å². The van der Waals surface area contributed by atoms with Crippen molar-refractivity contribution in [3.63, 3.8) is 0 Å². The first-order valence-electron chi connectivity index (χ1n) is 11.5. The monoisotopic (exact) mass is 505 g/mol. The molecule has 1 saturated heterocycles. The van der Waals surface area contributed by atoms with Gasteiger partial charge in [0.2, 0.25) is 5.91 Å². The molecular formula is C26H21F2N5O2S. The molecule has 4 heterocycles. The van der Waals surface area contributed by atoms with E-state index in [4.69, 9.17) is 9.51 Å². The number of halogens is 2. The zero-order chi connectivity index (χ0) is 25.0. The lowest BCUT2D eigenvalue weighted by molar-refractivity contribution is -0.120. The first kappa shape index (κ1) is 22.5. The van der Waals surface area contributed by atoms with Crippen molar-refractivity contribution in [2.24, 2.45) is 0 Å². The van der Waals surface area contributed by atoms with Crippen molar-refractivity contribution in [2.75, 3.05) is 4.90 Å². The number of amides is 1. The van der Waals surface area contributed by atoms with E-state index in [9.17, 15) is 13.6 Å². The Bertz CT molecular complexity index is 1590. The molecule has 1 aliphatic rings. The number of rotatable bonds is 4. The number of hydrogen-bond donors (Lipinski definition) is 0. The summed E-state index contributed by atoms with van der Waals surface area (Å²) in [5.41, 5.74) is 4.48. The molecule has 0 N–H and O–H groups in total. The Balaban J connectivity index is 1.55. The summed E-state index contributed by atoms with van der Waals surface area (Å²) in [6.07, 6.45) is 3.32. The third-order valence-electron chi connectivity index (χ3n) is 6.54. The Kier molecular flexibility index (Phi) is 5.40. The van der Waals surface area contributed by atoms with E-state index >= 15 is 0 Å². The number of fused-ring (bicyclic) bond motifs is 1. The van der Waals surface area contributed by atoms with Crippen LogP contribution >= 0.6 is 11.3 Å². The first-order chi connectivity index (χ1) is 17.4. The molecule has 3 aromatic heterocycles. The predicted octanol–water partition coefficient (Wildman–Crippen LogP) is 6.29. The molecule has 1 unspecified atom stereocenters. The van der Waals surface area contributed by atoms with Gasteiger partial charge < -0.3 is 9.42 Å². The number of aromatic nitrogens is 4. The Morgan fingerprint density at radius 3 is 2.69 bits per heavy atom. The van der Waals surface area contributed by atoms with Crippen molar-refractivity contribution >= 4 is 34.0 Å². The standard InChI is InChI=1S/C26H21F2N5O2S/c1-14-24(15(2)35-31-14)16-6-9-21-20(12-16)30-25(33(21)26-29-10-11-36-26)22-4-3-5-23(34)32(22)17-7-8-18(27)19(28)13-17/h6-13,22H,3-5H2,1-2H3. The van der Waals surface area contributed by atoms with Crippen molar-refractivity contribution in [2.45, 2.75) is 39.2 Å². The minimum Gasteiger partial charge on any atom is -0.361 e. The lowest BCUT2D eigenvalue weighted by atomic mass is 9.99. The van der Waals surface area contributed by atoms with Crippen molar-refractivity contribution < 1.29 is 18.1 Å². The van der Waals surface area contributed by atoms with Crippen LogP contribution in [0.2, 0.25) is 0 Å². The van der Waals surface area contributed by atoms with Crippen LogP contribution < -0.4 is 4.90 Å². The molecule has 1 atom stereocenters. The van der Waals surface area contributed by atoms with Crippen LogP contribution in [0.5, 0.6) is 0 Å². The molecule has 6 rings (SSSR count). The second-order valence-electron chi connectivity index (χ2n) is 8.79. The number of piperidine rings is 1. The minimum absolute atomic E-state index is 0.161. The molecule has 0 aliphatic carbocycles. The number of nitrogens with zero attached hydrogens (tertiary/aromatic N) is 5. The van der Waals surface area contributed by atoms with Gasteiger partial charge in [-0.1, -0.05) is 11.2 Å². The van der Waals surface area contributed by atoms with Crippen LogP contribution in [0.3, 0.4) is 0 Å². The largest absolute Gasteiger partial charge is 0.361 e. The van der Waals surface area contributed by atoms with Crippen molar-refractivity contribution in [3.8, 4) is 16.3 Å². The molecule has 1 aliphatic heterocycles. The normalized spacial score (nSPS) is 16.3. The maximum absolute atomic E-state index is 14.2. The number of carbonyl (C=O) groups excluding carboxylic acids is 1. The zero-order valence-corrected chi connectivity index (χ0v) is 20.4. The zero-order valence-electron chi connectivity index (χ0n) is 19.5. The van der Waals surface area contributed by atoms with E-state index in [1.807, 2.05) is 42.0 Å². The average molecular weight is 506 g/mol. The van der Waals surface area contributed by atoms with Crippen LogP contribution in [0.25, 0.3) is 27.3 Å². The van der Waals surface area contributed by atoms with Gasteiger partial charge in [0.1, 0.15) is 11.6 Å². The molecule has 1 amide bonds. The van der Waals surface area contributed by atoms with E-state index in [0.717, 1.165) is 40.0 Å². The fraction of sp³-hybridized carbons (Fsp3) is 0.231. The van der Waals surface area contributed by atoms with Crippen molar-refractivity contribution in [1.29, 1.82) is 0 Å².